The number of hydrogen-bond donors (Lipinski definition) is 1. The summed E-state index contributed by atoms with van der Waals surface area (Å²) in [6.45, 7) is 3.52. The van der Waals surface area contributed by atoms with Crippen LogP contribution in [0.5, 0.6) is 5.88 Å². The molecule has 0 radical (unpaired) electrons. The third kappa shape index (κ3) is 3.07. The fraction of sp³-hybridized carbons (Fsp3) is 0.333. The molecule has 142 valence electrons. The molecule has 0 unspecified atom stereocenters. The summed E-state index contributed by atoms with van der Waals surface area (Å²) < 4.78 is 7.28. The van der Waals surface area contributed by atoms with E-state index >= 15 is 0 Å². The summed E-state index contributed by atoms with van der Waals surface area (Å²) in [5, 5.41) is 14.9. The Kier molecular flexibility index (Phi) is 4.16. The first-order chi connectivity index (χ1) is 13.7. The maximum atomic E-state index is 10.1. The van der Waals surface area contributed by atoms with Gasteiger partial charge in [0.15, 0.2) is 5.65 Å². The van der Waals surface area contributed by atoms with Crippen molar-refractivity contribution in [2.24, 2.45) is 5.92 Å². The van der Waals surface area contributed by atoms with Crippen LogP contribution in [0.1, 0.15) is 24.2 Å². The minimum Gasteiger partial charge on any atom is -0.493 e. The van der Waals surface area contributed by atoms with E-state index in [2.05, 4.69) is 9.97 Å². The van der Waals surface area contributed by atoms with E-state index in [1.165, 1.54) is 0 Å². The Labute approximate surface area is 162 Å². The van der Waals surface area contributed by atoms with Gasteiger partial charge in [-0.2, -0.15) is 10.1 Å². The average molecular weight is 375 g/mol. The first kappa shape index (κ1) is 17.1. The van der Waals surface area contributed by atoms with Crippen molar-refractivity contribution in [2.75, 3.05) is 13.2 Å². The summed E-state index contributed by atoms with van der Waals surface area (Å²) >= 11 is 0. The molecule has 1 aliphatic heterocycles. The molecule has 1 saturated heterocycles. The van der Waals surface area contributed by atoms with Gasteiger partial charge in [-0.1, -0.05) is 12.1 Å². The third-order valence-electron chi connectivity index (χ3n) is 5.31. The number of aryl methyl sites for hydroxylation is 1. The van der Waals surface area contributed by atoms with E-state index < -0.39 is 0 Å². The molecule has 0 saturated carbocycles. The van der Waals surface area contributed by atoms with Crippen molar-refractivity contribution in [1.29, 1.82) is 0 Å². The Hall–Kier alpha value is -3.06. The van der Waals surface area contributed by atoms with Gasteiger partial charge in [-0.25, -0.2) is 14.5 Å². The topological polar surface area (TPSA) is 85.4 Å². The van der Waals surface area contributed by atoms with Crippen molar-refractivity contribution in [3.63, 3.8) is 0 Å². The highest BCUT2D eigenvalue weighted by molar-refractivity contribution is 5.78. The zero-order valence-electron chi connectivity index (χ0n) is 15.7. The molecule has 4 aromatic rings. The average Bonchev–Trinajstić information content (AvgIpc) is 3.12. The number of nitrogens with zero attached hydrogens (tertiary/aromatic N) is 5. The Morgan fingerprint density at radius 1 is 1.07 bits per heavy atom. The fourth-order valence-electron chi connectivity index (χ4n) is 3.86. The van der Waals surface area contributed by atoms with Crippen LogP contribution in [0.2, 0.25) is 0 Å². The zero-order valence-corrected chi connectivity index (χ0v) is 15.7. The third-order valence-corrected chi connectivity index (χ3v) is 5.31. The summed E-state index contributed by atoms with van der Waals surface area (Å²) in [5.74, 6) is 0.538. The molecule has 0 amide bonds. The van der Waals surface area contributed by atoms with Crippen LogP contribution >= 0.6 is 0 Å². The Bertz CT molecular complexity index is 1160. The Morgan fingerprint density at radius 2 is 1.82 bits per heavy atom. The van der Waals surface area contributed by atoms with Gasteiger partial charge in [0.05, 0.1) is 22.4 Å². The molecule has 28 heavy (non-hydrogen) atoms. The van der Waals surface area contributed by atoms with Gasteiger partial charge in [0, 0.05) is 25.3 Å². The SMILES string of the molecule is Cc1nc2ccccc2nc1-c1cc2nc(O)cc(CC3CCOCC3)n2n1. The highest BCUT2D eigenvalue weighted by Gasteiger charge is 2.19. The van der Waals surface area contributed by atoms with Crippen LogP contribution in [0.4, 0.5) is 0 Å². The molecular formula is C21H21N5O2. The fourth-order valence-corrected chi connectivity index (χ4v) is 3.86. The number of benzene rings is 1. The normalized spacial score (nSPS) is 15.5. The number of aromatic nitrogens is 5. The molecule has 5 rings (SSSR count). The minimum absolute atomic E-state index is 0.0160. The summed E-state index contributed by atoms with van der Waals surface area (Å²) in [5.41, 5.74) is 5.53. The van der Waals surface area contributed by atoms with Crippen LogP contribution in [0, 0.1) is 12.8 Å². The number of aromatic hydroxyl groups is 1. The van der Waals surface area contributed by atoms with Gasteiger partial charge in [0.1, 0.15) is 11.4 Å². The van der Waals surface area contributed by atoms with Crippen molar-refractivity contribution in [2.45, 2.75) is 26.2 Å². The molecule has 0 aliphatic carbocycles. The zero-order chi connectivity index (χ0) is 19.1. The quantitative estimate of drug-likeness (QED) is 0.591. The molecule has 1 fully saturated rings. The van der Waals surface area contributed by atoms with E-state index in [9.17, 15) is 5.11 Å². The molecule has 0 bridgehead atoms. The second-order valence-electron chi connectivity index (χ2n) is 7.31. The van der Waals surface area contributed by atoms with Crippen LogP contribution in [-0.2, 0) is 11.2 Å². The van der Waals surface area contributed by atoms with E-state index in [1.54, 1.807) is 6.07 Å². The predicted octanol–water partition coefficient (Wildman–Crippen LogP) is 3.32. The molecule has 3 aromatic heterocycles. The maximum Gasteiger partial charge on any atom is 0.214 e. The first-order valence-electron chi connectivity index (χ1n) is 9.57. The standard InChI is InChI=1S/C21H21N5O2/c1-13-21(23-17-5-3-2-4-16(17)22-13)18-12-19-24-20(27)11-15(26(19)25-18)10-14-6-8-28-9-7-14/h2-5,11-12,14H,6-10H2,1H3,(H,24,27). The lowest BCUT2D eigenvalue weighted by atomic mass is 9.95. The lowest BCUT2D eigenvalue weighted by molar-refractivity contribution is 0.0661. The number of ether oxygens (including phenoxy) is 1. The molecule has 0 atom stereocenters. The largest absolute Gasteiger partial charge is 0.493 e. The van der Waals surface area contributed by atoms with Crippen molar-refractivity contribution >= 4 is 16.7 Å². The lowest BCUT2D eigenvalue weighted by Crippen LogP contribution is -2.19. The van der Waals surface area contributed by atoms with Gasteiger partial charge in [0.2, 0.25) is 5.88 Å². The molecule has 7 heteroatoms. The molecule has 1 N–H and O–H groups in total. The molecule has 1 aliphatic rings. The van der Waals surface area contributed by atoms with Crippen molar-refractivity contribution in [3.8, 4) is 17.3 Å². The van der Waals surface area contributed by atoms with Crippen molar-refractivity contribution in [3.05, 3.63) is 47.8 Å². The van der Waals surface area contributed by atoms with E-state index in [-0.39, 0.29) is 5.88 Å². The highest BCUT2D eigenvalue weighted by atomic mass is 16.5. The van der Waals surface area contributed by atoms with Crippen LogP contribution in [0.25, 0.3) is 28.1 Å². The van der Waals surface area contributed by atoms with Gasteiger partial charge in [0.25, 0.3) is 0 Å². The molecule has 1 aromatic carbocycles. The van der Waals surface area contributed by atoms with E-state index in [4.69, 9.17) is 14.8 Å². The monoisotopic (exact) mass is 375 g/mol. The number of para-hydroxylation sites is 2. The molecule has 7 nitrogen and oxygen atoms in total. The lowest BCUT2D eigenvalue weighted by Gasteiger charge is -2.22. The Morgan fingerprint density at radius 3 is 2.61 bits per heavy atom. The molecular weight excluding hydrogens is 354 g/mol. The molecule has 4 heterocycles. The van der Waals surface area contributed by atoms with Crippen molar-refractivity contribution in [1.82, 2.24) is 24.6 Å². The summed E-state index contributed by atoms with van der Waals surface area (Å²) in [6.07, 6.45) is 2.88. The van der Waals surface area contributed by atoms with Gasteiger partial charge in [-0.3, -0.25) is 0 Å². The van der Waals surface area contributed by atoms with Crippen molar-refractivity contribution < 1.29 is 9.84 Å². The summed E-state index contributed by atoms with van der Waals surface area (Å²) in [7, 11) is 0. The Balaban J connectivity index is 1.60. The second-order valence-corrected chi connectivity index (χ2v) is 7.31. The summed E-state index contributed by atoms with van der Waals surface area (Å²) in [4.78, 5) is 13.7. The van der Waals surface area contributed by atoms with E-state index in [0.29, 0.717) is 17.3 Å². The maximum absolute atomic E-state index is 10.1. The van der Waals surface area contributed by atoms with Gasteiger partial charge < -0.3 is 9.84 Å². The van der Waals surface area contributed by atoms with E-state index in [0.717, 1.165) is 60.6 Å². The predicted molar refractivity (Wildman–Crippen MR) is 105 cm³/mol. The minimum atomic E-state index is 0.0160. The number of fused-ring (bicyclic) bond motifs is 2. The van der Waals surface area contributed by atoms with Crippen LogP contribution in [-0.4, -0.2) is 42.9 Å². The van der Waals surface area contributed by atoms with Crippen LogP contribution in [0.3, 0.4) is 0 Å². The highest BCUT2D eigenvalue weighted by Crippen LogP contribution is 2.26. The van der Waals surface area contributed by atoms with Crippen LogP contribution < -0.4 is 0 Å². The smallest absolute Gasteiger partial charge is 0.214 e. The van der Waals surface area contributed by atoms with Gasteiger partial charge >= 0.3 is 0 Å². The van der Waals surface area contributed by atoms with Gasteiger partial charge in [-0.05, 0) is 44.2 Å². The van der Waals surface area contributed by atoms with Crippen LogP contribution in [0.15, 0.2) is 36.4 Å². The number of rotatable bonds is 3. The van der Waals surface area contributed by atoms with E-state index in [1.807, 2.05) is 41.8 Å². The molecule has 0 spiro atoms. The summed E-state index contributed by atoms with van der Waals surface area (Å²) in [6, 6.07) is 11.4. The number of hydrogen-bond acceptors (Lipinski definition) is 6. The first-order valence-corrected chi connectivity index (χ1v) is 9.57. The van der Waals surface area contributed by atoms with Gasteiger partial charge in [-0.15, -0.1) is 0 Å². The second kappa shape index (κ2) is 6.83.